The third-order valence-corrected chi connectivity index (χ3v) is 5.51. The summed E-state index contributed by atoms with van der Waals surface area (Å²) >= 11 is 0. The molecule has 3 unspecified atom stereocenters. The lowest BCUT2D eigenvalue weighted by atomic mass is 9.40. The quantitative estimate of drug-likeness (QED) is 0.674. The summed E-state index contributed by atoms with van der Waals surface area (Å²) in [6, 6.07) is 0. The van der Waals surface area contributed by atoms with Crippen molar-refractivity contribution in [3.8, 4) is 0 Å². The highest BCUT2D eigenvalue weighted by Crippen LogP contribution is 2.70. The van der Waals surface area contributed by atoms with Crippen LogP contribution in [0.15, 0.2) is 39.9 Å². The molecule has 0 aromatic heterocycles. The number of dihydropyridines is 1. The van der Waals surface area contributed by atoms with Crippen LogP contribution in [0.4, 0.5) is 0 Å². The van der Waals surface area contributed by atoms with Gasteiger partial charge in [0.05, 0.1) is 5.54 Å². The Morgan fingerprint density at radius 3 is 3.00 bits per heavy atom. The normalized spacial score (nSPS) is 45.0. The number of allylic oxidation sites excluding steroid dienone is 3. The molecule has 3 aliphatic carbocycles. The number of hydrogen-bond acceptors (Lipinski definition) is 2. The molecule has 1 aliphatic heterocycles. The summed E-state index contributed by atoms with van der Waals surface area (Å²) in [4.78, 5) is 15.9. The number of hydrogen-bond donors (Lipinski definition) is 1. The zero-order valence-corrected chi connectivity index (χ0v) is 11.4. The van der Waals surface area contributed by atoms with Crippen LogP contribution in [0, 0.1) is 11.3 Å². The summed E-state index contributed by atoms with van der Waals surface area (Å²) in [5.74, 6) is 0.321. The Balaban J connectivity index is 1.93. The van der Waals surface area contributed by atoms with Gasteiger partial charge in [0, 0.05) is 29.5 Å². The number of carbonyl (C=O) groups is 1. The van der Waals surface area contributed by atoms with E-state index in [4.69, 9.17) is 5.73 Å². The third kappa shape index (κ3) is 1.05. The third-order valence-electron chi connectivity index (χ3n) is 5.51. The van der Waals surface area contributed by atoms with Gasteiger partial charge in [-0.05, 0) is 37.8 Å². The number of aliphatic imine (C=N–C) groups is 1. The Labute approximate surface area is 113 Å². The van der Waals surface area contributed by atoms with Gasteiger partial charge in [-0.3, -0.25) is 4.79 Å². The van der Waals surface area contributed by atoms with E-state index in [0.717, 1.165) is 30.5 Å². The molecule has 2 bridgehead atoms. The molecule has 3 nitrogen and oxygen atoms in total. The Bertz CT molecular complexity index is 637. The summed E-state index contributed by atoms with van der Waals surface area (Å²) in [7, 11) is 0. The summed E-state index contributed by atoms with van der Waals surface area (Å²) in [5, 5.41) is 0. The summed E-state index contributed by atoms with van der Waals surface area (Å²) in [5.41, 5.74) is 11.3. The highest BCUT2D eigenvalue weighted by molar-refractivity contribution is 6.07. The molecule has 0 saturated heterocycles. The maximum Gasteiger partial charge on any atom is 0.269 e. The zero-order valence-electron chi connectivity index (χ0n) is 11.4. The minimum atomic E-state index is -0.407. The molecule has 0 aromatic rings. The van der Waals surface area contributed by atoms with E-state index < -0.39 is 5.54 Å². The molecule has 4 rings (SSSR count). The highest BCUT2D eigenvalue weighted by atomic mass is 16.1. The van der Waals surface area contributed by atoms with Gasteiger partial charge < -0.3 is 5.73 Å². The van der Waals surface area contributed by atoms with E-state index in [0.29, 0.717) is 5.92 Å². The Morgan fingerprint density at radius 2 is 2.26 bits per heavy atom. The Hall–Kier alpha value is -1.48. The predicted octanol–water partition coefficient (Wildman–Crippen LogP) is 2.30. The minimum Gasteiger partial charge on any atom is -0.318 e. The molecule has 2 fully saturated rings. The topological polar surface area (TPSA) is 55.5 Å². The van der Waals surface area contributed by atoms with Crippen molar-refractivity contribution in [2.24, 2.45) is 22.1 Å². The van der Waals surface area contributed by atoms with E-state index in [1.165, 1.54) is 11.1 Å². The van der Waals surface area contributed by atoms with Crippen molar-refractivity contribution < 1.29 is 4.79 Å². The number of rotatable bonds is 0. The average molecular weight is 254 g/mol. The van der Waals surface area contributed by atoms with E-state index in [-0.39, 0.29) is 11.3 Å². The van der Waals surface area contributed by atoms with Crippen molar-refractivity contribution in [3.63, 3.8) is 0 Å². The van der Waals surface area contributed by atoms with E-state index in [1.807, 2.05) is 0 Å². The van der Waals surface area contributed by atoms with Gasteiger partial charge in [0.1, 0.15) is 0 Å². The zero-order chi connectivity index (χ0) is 13.4. The van der Waals surface area contributed by atoms with E-state index in [9.17, 15) is 4.79 Å². The molecule has 3 heteroatoms. The minimum absolute atomic E-state index is 0.0581. The first-order valence-electron chi connectivity index (χ1n) is 6.95. The number of carbonyl (C=O) groups excluding carboxylic acids is 1. The van der Waals surface area contributed by atoms with Crippen molar-refractivity contribution >= 4 is 11.6 Å². The van der Waals surface area contributed by atoms with Gasteiger partial charge >= 0.3 is 0 Å². The lowest BCUT2D eigenvalue weighted by Crippen LogP contribution is -2.73. The van der Waals surface area contributed by atoms with Gasteiger partial charge in [-0.1, -0.05) is 17.7 Å². The van der Waals surface area contributed by atoms with Gasteiger partial charge in [0.2, 0.25) is 0 Å². The Kier molecular flexibility index (Phi) is 1.88. The summed E-state index contributed by atoms with van der Waals surface area (Å²) in [6.45, 7) is 4.25. The lowest BCUT2D eigenvalue weighted by molar-refractivity contribution is -0.113. The van der Waals surface area contributed by atoms with Crippen LogP contribution in [0.1, 0.15) is 33.1 Å². The molecule has 19 heavy (non-hydrogen) atoms. The van der Waals surface area contributed by atoms with Crippen molar-refractivity contribution in [2.45, 2.75) is 38.6 Å². The molecule has 1 amide bonds. The standard InChI is InChI=1S/C16H18N2O/c1-3-12-13-4-9(2)7-15(13)8-11-5-10(16(12,15)17)6-14(19)18-11/h3-4,6,13H,5,7-8,17H2,1-2H3. The molecular formula is C16H18N2O. The van der Waals surface area contributed by atoms with Gasteiger partial charge in [-0.25, -0.2) is 4.99 Å². The average Bonchev–Trinajstić information content (AvgIpc) is 2.62. The molecule has 1 heterocycles. The smallest absolute Gasteiger partial charge is 0.269 e. The van der Waals surface area contributed by atoms with Gasteiger partial charge in [-0.15, -0.1) is 0 Å². The first-order chi connectivity index (χ1) is 9.01. The van der Waals surface area contributed by atoms with Crippen LogP contribution in [0.5, 0.6) is 0 Å². The molecule has 4 aliphatic rings. The monoisotopic (exact) mass is 254 g/mol. The van der Waals surface area contributed by atoms with Crippen molar-refractivity contribution in [3.05, 3.63) is 34.9 Å². The molecule has 3 atom stereocenters. The molecule has 2 saturated carbocycles. The van der Waals surface area contributed by atoms with Gasteiger partial charge in [0.15, 0.2) is 0 Å². The van der Waals surface area contributed by atoms with Crippen LogP contribution < -0.4 is 5.73 Å². The predicted molar refractivity (Wildman–Crippen MR) is 74.7 cm³/mol. The van der Waals surface area contributed by atoms with Gasteiger partial charge in [0.25, 0.3) is 5.91 Å². The van der Waals surface area contributed by atoms with Crippen molar-refractivity contribution in [1.29, 1.82) is 0 Å². The molecule has 0 radical (unpaired) electrons. The number of nitrogens with zero attached hydrogens (tertiary/aromatic N) is 1. The van der Waals surface area contributed by atoms with E-state index in [2.05, 4.69) is 31.0 Å². The second-order valence-electron chi connectivity index (χ2n) is 6.42. The molecule has 0 aromatic carbocycles. The van der Waals surface area contributed by atoms with Crippen LogP contribution in [-0.4, -0.2) is 17.2 Å². The fourth-order valence-corrected chi connectivity index (χ4v) is 4.93. The van der Waals surface area contributed by atoms with Crippen LogP contribution >= 0.6 is 0 Å². The van der Waals surface area contributed by atoms with Crippen LogP contribution in [0.2, 0.25) is 0 Å². The van der Waals surface area contributed by atoms with E-state index >= 15 is 0 Å². The first-order valence-corrected chi connectivity index (χ1v) is 6.95. The fraction of sp³-hybridized carbons (Fsp3) is 0.500. The summed E-state index contributed by atoms with van der Waals surface area (Å²) < 4.78 is 0. The summed E-state index contributed by atoms with van der Waals surface area (Å²) in [6.07, 6.45) is 8.90. The van der Waals surface area contributed by atoms with Gasteiger partial charge in [-0.2, -0.15) is 0 Å². The van der Waals surface area contributed by atoms with E-state index in [1.54, 1.807) is 6.08 Å². The second-order valence-corrected chi connectivity index (χ2v) is 6.42. The number of fused-ring (bicyclic) bond motifs is 3. The number of amides is 1. The largest absolute Gasteiger partial charge is 0.318 e. The van der Waals surface area contributed by atoms with Crippen molar-refractivity contribution in [2.75, 3.05) is 0 Å². The molecular weight excluding hydrogens is 236 g/mol. The maximum atomic E-state index is 11.7. The maximum absolute atomic E-state index is 11.7. The highest BCUT2D eigenvalue weighted by Gasteiger charge is 2.70. The van der Waals surface area contributed by atoms with Crippen LogP contribution in [-0.2, 0) is 4.79 Å². The van der Waals surface area contributed by atoms with Crippen LogP contribution in [0.25, 0.3) is 0 Å². The van der Waals surface area contributed by atoms with Crippen LogP contribution in [0.3, 0.4) is 0 Å². The molecule has 2 N–H and O–H groups in total. The lowest BCUT2D eigenvalue weighted by Gasteiger charge is -2.66. The number of nitrogens with two attached hydrogens (primary N) is 1. The molecule has 98 valence electrons. The SMILES string of the molecule is CC=C1C2C=C(C)CC23CC2=NC(=O)C=C(C2)C13N. The second kappa shape index (κ2) is 3.15. The first kappa shape index (κ1) is 11.4. The van der Waals surface area contributed by atoms with Crippen molar-refractivity contribution in [1.82, 2.24) is 0 Å². The molecule has 1 spiro atoms. The Morgan fingerprint density at radius 1 is 1.47 bits per heavy atom. The fourth-order valence-electron chi connectivity index (χ4n) is 4.93.